The molecule has 12 nitrogen and oxygen atoms in total. The highest BCUT2D eigenvalue weighted by molar-refractivity contribution is 6.28. The molecule has 18 heteroatoms. The molecular weight excluding hydrogens is 645 g/mol. The van der Waals surface area contributed by atoms with Crippen LogP contribution in [-0.2, 0) is 0 Å². The molecule has 0 radical (unpaired) electrons. The normalized spacial score (nSPS) is 36.1. The Labute approximate surface area is 270 Å². The van der Waals surface area contributed by atoms with Gasteiger partial charge in [-0.2, -0.15) is 24.3 Å². The number of halogens is 6. The third-order valence-electron chi connectivity index (χ3n) is 8.50. The van der Waals surface area contributed by atoms with E-state index in [2.05, 4.69) is 53.8 Å². The zero-order chi connectivity index (χ0) is 25.3. The van der Waals surface area contributed by atoms with Gasteiger partial charge in [0.15, 0.2) is 13.3 Å². The topological polar surface area (TPSA) is 83.8 Å². The van der Waals surface area contributed by atoms with E-state index in [-0.39, 0.29) is 49.6 Å². The molecule has 40 heavy (non-hydrogen) atoms. The van der Waals surface area contributed by atoms with Gasteiger partial charge < -0.3 is 54.1 Å². The Morgan fingerprint density at radius 1 is 0.550 bits per heavy atom. The Kier molecular flexibility index (Phi) is 11.3. The monoisotopic (exact) mass is 678 g/mol. The van der Waals surface area contributed by atoms with Crippen LogP contribution in [0.4, 0.5) is 11.9 Å². The van der Waals surface area contributed by atoms with Gasteiger partial charge in [0, 0.05) is 0 Å². The molecule has 0 aromatic carbocycles. The van der Waals surface area contributed by atoms with Gasteiger partial charge in [-0.05, 0) is 37.0 Å². The summed E-state index contributed by atoms with van der Waals surface area (Å²) in [6.07, 6.45) is 0. The van der Waals surface area contributed by atoms with Crippen LogP contribution < -0.4 is 58.6 Å². The van der Waals surface area contributed by atoms with E-state index in [1.807, 2.05) is 13.8 Å². The summed E-state index contributed by atoms with van der Waals surface area (Å²) in [7, 11) is 4.65. The standard InChI is InChI=1S/C11H18ClN7.C11H18ClN5.4ClH/c1-9-13-10(12)15-11(14-9)19-6-16-3-17(7-19)5-18(2,4-16)8-19;1-9-13-10(12)15-11(14-9)17-6-3-16(2,4-7-17)5-8-17;;;;/h3-8H2,1-2H3;3-8H2,1-2H3;4*1H/q2*+2;;;;/p-4. The maximum absolute atomic E-state index is 6.02. The minimum absolute atomic E-state index is 0. The average molecular weight is 681 g/mol. The Hall–Kier alpha value is -0.480. The van der Waals surface area contributed by atoms with E-state index in [1.54, 1.807) is 0 Å². The molecule has 226 valence electrons. The van der Waals surface area contributed by atoms with Gasteiger partial charge in [-0.1, -0.05) is 0 Å². The van der Waals surface area contributed by atoms with Gasteiger partial charge in [0.2, 0.25) is 17.2 Å². The summed E-state index contributed by atoms with van der Waals surface area (Å²) in [5.74, 6) is 3.11. The van der Waals surface area contributed by atoms with Crippen molar-refractivity contribution in [2.45, 2.75) is 13.8 Å². The number of aromatic nitrogens is 6. The fourth-order valence-electron chi connectivity index (χ4n) is 6.96. The van der Waals surface area contributed by atoms with Crippen LogP contribution in [0, 0.1) is 13.8 Å². The lowest BCUT2D eigenvalue weighted by Gasteiger charge is -2.61. The molecule has 7 aliphatic rings. The molecule has 7 aliphatic heterocycles. The summed E-state index contributed by atoms with van der Waals surface area (Å²) in [6, 6.07) is 0. The van der Waals surface area contributed by atoms with Crippen LogP contribution >= 0.6 is 23.2 Å². The van der Waals surface area contributed by atoms with Crippen LogP contribution in [0.1, 0.15) is 11.6 Å². The first-order chi connectivity index (χ1) is 17.0. The SMILES string of the molecule is Cc1nc(Cl)nc([N+]23CC[N+](C)(CC2)CC3)n1.Cc1nc(Cl)nc([N+]23CN4CN(C[N+](C)(C4)C2)C3)n1.[Cl-].[Cl-].[Cl-].[Cl-]. The van der Waals surface area contributed by atoms with Crippen molar-refractivity contribution in [1.82, 2.24) is 48.7 Å². The first kappa shape index (κ1) is 35.7. The highest BCUT2D eigenvalue weighted by Gasteiger charge is 2.58. The number of quaternary nitrogens is 4. The summed E-state index contributed by atoms with van der Waals surface area (Å²) in [6.45, 7) is 17.0. The molecule has 9 heterocycles. The van der Waals surface area contributed by atoms with E-state index >= 15 is 0 Å². The number of hydrogen-bond acceptors (Lipinski definition) is 8. The second kappa shape index (κ2) is 12.6. The summed E-state index contributed by atoms with van der Waals surface area (Å²) >= 11 is 12.0. The van der Waals surface area contributed by atoms with Crippen molar-refractivity contribution in [3.05, 3.63) is 22.2 Å². The smallest absolute Gasteiger partial charge is 0.340 e. The number of aryl methyl sites for hydroxylation is 2. The molecule has 0 spiro atoms. The van der Waals surface area contributed by atoms with Gasteiger partial charge in [0.25, 0.3) is 0 Å². The van der Waals surface area contributed by atoms with E-state index in [1.165, 1.54) is 24.1 Å². The molecule has 6 bridgehead atoms. The number of rotatable bonds is 2. The van der Waals surface area contributed by atoms with Crippen LogP contribution in [0.15, 0.2) is 0 Å². The van der Waals surface area contributed by atoms with Crippen molar-refractivity contribution in [3.8, 4) is 0 Å². The predicted molar refractivity (Wildman–Crippen MR) is 137 cm³/mol. The molecule has 2 atom stereocenters. The molecule has 2 aromatic rings. The van der Waals surface area contributed by atoms with Crippen molar-refractivity contribution in [1.29, 1.82) is 0 Å². The fourth-order valence-corrected chi connectivity index (χ4v) is 7.36. The quantitative estimate of drug-likeness (QED) is 0.290. The van der Waals surface area contributed by atoms with Crippen molar-refractivity contribution in [2.24, 2.45) is 0 Å². The van der Waals surface area contributed by atoms with Gasteiger partial charge in [-0.3, -0.25) is 4.48 Å². The van der Waals surface area contributed by atoms with E-state index in [4.69, 9.17) is 23.2 Å². The van der Waals surface area contributed by atoms with Crippen molar-refractivity contribution in [3.63, 3.8) is 0 Å². The molecule has 2 unspecified atom stereocenters. The first-order valence-electron chi connectivity index (χ1n) is 12.6. The largest absolute Gasteiger partial charge is 1.00 e. The average Bonchev–Trinajstić information content (AvgIpc) is 2.77. The Morgan fingerprint density at radius 3 is 1.38 bits per heavy atom. The van der Waals surface area contributed by atoms with Gasteiger partial charge in [-0.25, -0.2) is 14.5 Å². The second-order valence-corrected chi connectivity index (χ2v) is 12.6. The zero-order valence-corrected chi connectivity index (χ0v) is 27.7. The van der Waals surface area contributed by atoms with E-state index in [0.29, 0.717) is 16.4 Å². The van der Waals surface area contributed by atoms with Crippen LogP contribution in [0.25, 0.3) is 0 Å². The summed E-state index contributed by atoms with van der Waals surface area (Å²) in [5.41, 5.74) is 0. The molecular formula is C22H36Cl6N12. The highest BCUT2D eigenvalue weighted by atomic mass is 35.5. The van der Waals surface area contributed by atoms with Crippen LogP contribution in [0.3, 0.4) is 0 Å². The van der Waals surface area contributed by atoms with E-state index in [9.17, 15) is 0 Å². The summed E-state index contributed by atoms with van der Waals surface area (Å²) in [4.78, 5) is 30.9. The number of hydrogen-bond donors (Lipinski definition) is 0. The number of piperazine rings is 3. The maximum Gasteiger partial charge on any atom is 0.340 e. The van der Waals surface area contributed by atoms with Crippen molar-refractivity contribution in [2.75, 3.05) is 93.4 Å². The third-order valence-corrected chi connectivity index (χ3v) is 8.84. The Morgan fingerprint density at radius 2 is 0.975 bits per heavy atom. The van der Waals surface area contributed by atoms with Gasteiger partial charge in [-0.15, -0.1) is 9.97 Å². The number of likely N-dealkylation sites (N-methyl/N-ethyl adjacent to an activating group) is 1. The van der Waals surface area contributed by atoms with Crippen LogP contribution in [0.2, 0.25) is 10.6 Å². The second-order valence-electron chi connectivity index (χ2n) is 12.0. The van der Waals surface area contributed by atoms with Crippen molar-refractivity contribution >= 4 is 35.1 Å². The molecule has 7 fully saturated rings. The fraction of sp³-hybridized carbons (Fsp3) is 0.727. The van der Waals surface area contributed by atoms with Crippen molar-refractivity contribution < 1.29 is 58.6 Å². The number of fused-ring (bicyclic) bond motifs is 3. The molecule has 7 saturated heterocycles. The lowest BCUT2D eigenvalue weighted by Crippen LogP contribution is -3.00. The molecule has 0 saturated carbocycles. The van der Waals surface area contributed by atoms with Gasteiger partial charge in [0.1, 0.15) is 64.3 Å². The minimum Gasteiger partial charge on any atom is -1.00 e. The maximum atomic E-state index is 6.02. The Balaban J connectivity index is 0.000000256. The predicted octanol–water partition coefficient (Wildman–Crippen LogP) is -11.4. The molecule has 9 rings (SSSR count). The van der Waals surface area contributed by atoms with E-state index < -0.39 is 0 Å². The molecule has 0 aliphatic carbocycles. The molecule has 0 amide bonds. The zero-order valence-electron chi connectivity index (χ0n) is 23.1. The summed E-state index contributed by atoms with van der Waals surface area (Å²) in [5, 5.41) is 0.632. The lowest BCUT2D eigenvalue weighted by atomic mass is 10.1. The van der Waals surface area contributed by atoms with E-state index in [0.717, 1.165) is 90.8 Å². The van der Waals surface area contributed by atoms with Gasteiger partial charge in [0.05, 0.1) is 20.8 Å². The van der Waals surface area contributed by atoms with Crippen LogP contribution in [-0.4, -0.2) is 142 Å². The van der Waals surface area contributed by atoms with Gasteiger partial charge >= 0.3 is 11.9 Å². The lowest BCUT2D eigenvalue weighted by molar-refractivity contribution is -0.962. The highest BCUT2D eigenvalue weighted by Crippen LogP contribution is 2.36. The third kappa shape index (κ3) is 6.68. The summed E-state index contributed by atoms with van der Waals surface area (Å²) < 4.78 is 3.91. The first-order valence-corrected chi connectivity index (χ1v) is 13.4. The molecule has 0 N–H and O–H groups in total. The Bertz CT molecular complexity index is 1130. The molecule has 2 aromatic heterocycles. The minimum atomic E-state index is 0. The van der Waals surface area contributed by atoms with Crippen LogP contribution in [0.5, 0.6) is 0 Å². The number of nitrogens with zero attached hydrogens (tertiary/aromatic N) is 12.